The average Bonchev–Trinajstić information content (AvgIpc) is 2.04. The number of rotatable bonds is 2. The second-order valence-corrected chi connectivity index (χ2v) is 2.19. The fraction of sp³-hybridized carbons (Fsp3) is 0. The van der Waals surface area contributed by atoms with Crippen LogP contribution in [0.3, 0.4) is 0 Å². The van der Waals surface area contributed by atoms with Gasteiger partial charge in [-0.15, -0.1) is 0 Å². The zero-order valence-corrected chi connectivity index (χ0v) is 14.3. The van der Waals surface area contributed by atoms with Gasteiger partial charge in [0.25, 0.3) is 0 Å². The molecule has 0 heterocycles. The number of carboxylic acids is 2. The smallest absolute Gasteiger partial charge is 1.00 e. The van der Waals surface area contributed by atoms with Gasteiger partial charge in [0.1, 0.15) is 0 Å². The molecule has 0 amide bonds. The Balaban J connectivity index is -0.000000180. The van der Waals surface area contributed by atoms with Crippen molar-refractivity contribution in [2.24, 2.45) is 0 Å². The Labute approximate surface area is 169 Å². The molecule has 0 atom stereocenters. The molecule has 1 aromatic rings. The van der Waals surface area contributed by atoms with Crippen molar-refractivity contribution in [3.05, 3.63) is 35.4 Å². The second-order valence-electron chi connectivity index (χ2n) is 2.19. The Morgan fingerprint density at radius 1 is 1.00 bits per heavy atom. The number of benzene rings is 1. The molecule has 1 aromatic carbocycles. The van der Waals surface area contributed by atoms with Crippen molar-refractivity contribution in [3.8, 4) is 0 Å². The third-order valence-electron chi connectivity index (χ3n) is 1.36. The first-order valence-corrected chi connectivity index (χ1v) is 3.18. The summed E-state index contributed by atoms with van der Waals surface area (Å²) < 4.78 is 0. The summed E-state index contributed by atoms with van der Waals surface area (Å²) in [7, 11) is 0. The summed E-state index contributed by atoms with van der Waals surface area (Å²) in [5.74, 6) is -2.25. The molecule has 0 unspecified atom stereocenters. The van der Waals surface area contributed by atoms with Gasteiger partial charge in [0.05, 0.1) is 11.1 Å². The summed E-state index contributed by atoms with van der Waals surface area (Å²) in [5.41, 5.74) is -0.0372. The minimum Gasteiger partial charge on any atom is -1.00 e. The number of hydrogen-bond donors (Lipinski definition) is 2. The van der Waals surface area contributed by atoms with Gasteiger partial charge in [-0.2, -0.15) is 0 Å². The van der Waals surface area contributed by atoms with Crippen LogP contribution in [0.1, 0.15) is 23.6 Å². The molecule has 14 heavy (non-hydrogen) atoms. The van der Waals surface area contributed by atoms with Crippen LogP contribution < -0.4 is 103 Å². The molecule has 0 bridgehead atoms. The molecule has 0 spiro atoms. The SMILES string of the molecule is O=C(O)c1cccc(C(=O)O)c1.[H-].[H-].[K+].[K+]. The molecule has 0 aliphatic rings. The molecule has 0 aliphatic carbocycles. The van der Waals surface area contributed by atoms with E-state index in [1.807, 2.05) is 0 Å². The van der Waals surface area contributed by atoms with E-state index < -0.39 is 11.9 Å². The van der Waals surface area contributed by atoms with Crippen molar-refractivity contribution in [2.45, 2.75) is 0 Å². The average molecular weight is 246 g/mol. The van der Waals surface area contributed by atoms with Crippen LogP contribution in [0.5, 0.6) is 0 Å². The van der Waals surface area contributed by atoms with Crippen LogP contribution in [0.15, 0.2) is 24.3 Å². The Kier molecular flexibility index (Phi) is 10.9. The number of carboxylic acid groups (broad SMARTS) is 2. The standard InChI is InChI=1S/C8H6O4.2K.2H/c9-7(10)5-2-1-3-6(4-5)8(11)12;;;;/h1-4H,(H,9,10)(H,11,12);;;;/q;2*+1;2*-1. The van der Waals surface area contributed by atoms with E-state index in [9.17, 15) is 9.59 Å². The summed E-state index contributed by atoms with van der Waals surface area (Å²) in [6.07, 6.45) is 0. The first-order chi connectivity index (χ1) is 5.61. The first kappa shape index (κ1) is 17.8. The fourth-order valence-electron chi connectivity index (χ4n) is 0.785. The largest absolute Gasteiger partial charge is 1.00 e. The van der Waals surface area contributed by atoms with Crippen molar-refractivity contribution >= 4 is 11.9 Å². The van der Waals surface area contributed by atoms with Gasteiger partial charge in [0.15, 0.2) is 0 Å². The van der Waals surface area contributed by atoms with Gasteiger partial charge in [-0.25, -0.2) is 9.59 Å². The summed E-state index contributed by atoms with van der Waals surface area (Å²) in [6, 6.07) is 5.20. The molecule has 0 saturated heterocycles. The third-order valence-corrected chi connectivity index (χ3v) is 1.36. The maximum Gasteiger partial charge on any atom is 1.00 e. The Bertz CT molecular complexity index is 317. The summed E-state index contributed by atoms with van der Waals surface area (Å²) in [5, 5.41) is 17.0. The van der Waals surface area contributed by atoms with Crippen molar-refractivity contribution in [3.63, 3.8) is 0 Å². The van der Waals surface area contributed by atoms with Crippen LogP contribution in [0.25, 0.3) is 0 Å². The second kappa shape index (κ2) is 8.57. The van der Waals surface area contributed by atoms with Gasteiger partial charge in [-0.1, -0.05) is 6.07 Å². The van der Waals surface area contributed by atoms with Crippen LogP contribution in [0, 0.1) is 0 Å². The number of carbonyl (C=O) groups is 2. The predicted octanol–water partition coefficient (Wildman–Crippen LogP) is -4.68. The minimum atomic E-state index is -1.13. The summed E-state index contributed by atoms with van der Waals surface area (Å²) >= 11 is 0. The molecule has 4 nitrogen and oxygen atoms in total. The van der Waals surface area contributed by atoms with E-state index in [0.29, 0.717) is 0 Å². The van der Waals surface area contributed by atoms with Crippen LogP contribution in [0.2, 0.25) is 0 Å². The number of hydrogen-bond acceptors (Lipinski definition) is 2. The maximum atomic E-state index is 10.4. The third kappa shape index (κ3) is 5.50. The first-order valence-electron chi connectivity index (χ1n) is 3.18. The quantitative estimate of drug-likeness (QED) is 0.514. The van der Waals surface area contributed by atoms with Gasteiger partial charge in [0, 0.05) is 0 Å². The minimum absolute atomic E-state index is 0. The molecule has 6 heteroatoms. The van der Waals surface area contributed by atoms with Crippen molar-refractivity contribution in [2.75, 3.05) is 0 Å². The maximum absolute atomic E-state index is 10.4. The molecule has 66 valence electrons. The van der Waals surface area contributed by atoms with E-state index in [2.05, 4.69) is 0 Å². The zero-order chi connectivity index (χ0) is 9.14. The van der Waals surface area contributed by atoms with E-state index in [-0.39, 0.29) is 117 Å². The van der Waals surface area contributed by atoms with E-state index >= 15 is 0 Å². The van der Waals surface area contributed by atoms with Gasteiger partial charge in [-0.3, -0.25) is 0 Å². The van der Waals surface area contributed by atoms with Gasteiger partial charge < -0.3 is 13.1 Å². The van der Waals surface area contributed by atoms with Crippen LogP contribution >= 0.6 is 0 Å². The summed E-state index contributed by atoms with van der Waals surface area (Å²) in [4.78, 5) is 20.8. The molecule has 0 saturated carbocycles. The Hall–Kier alpha value is 1.43. The van der Waals surface area contributed by atoms with Crippen molar-refractivity contribution in [1.29, 1.82) is 0 Å². The van der Waals surface area contributed by atoms with Crippen LogP contribution in [-0.4, -0.2) is 22.2 Å². The molecular weight excluding hydrogens is 238 g/mol. The van der Waals surface area contributed by atoms with Gasteiger partial charge >= 0.3 is 115 Å². The Morgan fingerprint density at radius 3 is 1.64 bits per heavy atom. The zero-order valence-electron chi connectivity index (χ0n) is 10.0. The van der Waals surface area contributed by atoms with Crippen molar-refractivity contribution < 1.29 is 125 Å². The monoisotopic (exact) mass is 246 g/mol. The molecule has 0 radical (unpaired) electrons. The predicted molar refractivity (Wildman–Crippen MR) is 42.6 cm³/mol. The van der Waals surface area contributed by atoms with E-state index in [1.165, 1.54) is 18.2 Å². The summed E-state index contributed by atoms with van der Waals surface area (Å²) in [6.45, 7) is 0. The Morgan fingerprint density at radius 2 is 1.36 bits per heavy atom. The van der Waals surface area contributed by atoms with E-state index in [1.54, 1.807) is 0 Å². The fourth-order valence-corrected chi connectivity index (χ4v) is 0.785. The van der Waals surface area contributed by atoms with E-state index in [4.69, 9.17) is 10.2 Å². The van der Waals surface area contributed by atoms with Crippen LogP contribution in [-0.2, 0) is 0 Å². The molecule has 0 aromatic heterocycles. The molecule has 0 aliphatic heterocycles. The topological polar surface area (TPSA) is 74.6 Å². The normalized spacial score (nSPS) is 8.00. The molecule has 1 rings (SSSR count). The van der Waals surface area contributed by atoms with Crippen molar-refractivity contribution in [1.82, 2.24) is 0 Å². The molecule has 2 N–H and O–H groups in total. The van der Waals surface area contributed by atoms with Crippen LogP contribution in [0.4, 0.5) is 0 Å². The van der Waals surface area contributed by atoms with Gasteiger partial charge in [0.2, 0.25) is 0 Å². The molecular formula is C8H8K2O4. The number of aromatic carboxylic acids is 2. The van der Waals surface area contributed by atoms with E-state index in [0.717, 1.165) is 6.07 Å². The van der Waals surface area contributed by atoms with Gasteiger partial charge in [-0.05, 0) is 18.2 Å². The molecule has 0 fully saturated rings.